The van der Waals surface area contributed by atoms with Crippen LogP contribution in [-0.2, 0) is 13.6 Å². The van der Waals surface area contributed by atoms with Crippen LogP contribution in [0.15, 0.2) is 35.5 Å². The van der Waals surface area contributed by atoms with E-state index in [1.807, 2.05) is 0 Å². The molecule has 5 heteroatoms. The standard InChI is InChI=1S/C39H68O3Si2/c1-27(23-29-16-19-32(40)24-29)34-20-21-35-30(15-14-22-39(34,35)9)17-18-31-25-33(41-43(10,11)37(3,4)5)26-36(28(31)2)42-44(12,13)38(6,7)8/h17-18,27,29,33-36H,2,14-16,19-26H2,1,3-13H3/t27-,29?,33-,34-,35?,36+,39-/m1/s1. The van der Waals surface area contributed by atoms with E-state index in [0.29, 0.717) is 29.0 Å². The zero-order chi connectivity index (χ0) is 32.9. The average Bonchev–Trinajstić information content (AvgIpc) is 3.45. The molecule has 7 atom stereocenters. The first-order chi connectivity index (χ1) is 20.1. The first-order valence-electron chi connectivity index (χ1n) is 18.1. The zero-order valence-corrected chi connectivity index (χ0v) is 32.8. The van der Waals surface area contributed by atoms with Gasteiger partial charge in [-0.25, -0.2) is 0 Å². The molecule has 4 aliphatic rings. The Bertz CT molecular complexity index is 1130. The lowest BCUT2D eigenvalue weighted by Crippen LogP contribution is -2.49. The average molecular weight is 641 g/mol. The highest BCUT2D eigenvalue weighted by Crippen LogP contribution is 2.60. The quantitative estimate of drug-likeness (QED) is 0.248. The van der Waals surface area contributed by atoms with Gasteiger partial charge in [-0.1, -0.05) is 79.7 Å². The molecule has 2 unspecified atom stereocenters. The Balaban J connectivity index is 1.57. The van der Waals surface area contributed by atoms with Crippen LogP contribution in [0.1, 0.15) is 126 Å². The highest BCUT2D eigenvalue weighted by Gasteiger charge is 2.51. The predicted octanol–water partition coefficient (Wildman–Crippen LogP) is 11.6. The number of hydrogen-bond acceptors (Lipinski definition) is 3. The number of ketones is 1. The molecule has 4 saturated carbocycles. The van der Waals surface area contributed by atoms with Crippen LogP contribution in [0.3, 0.4) is 0 Å². The second kappa shape index (κ2) is 13.0. The highest BCUT2D eigenvalue weighted by atomic mass is 28.4. The molecule has 250 valence electrons. The van der Waals surface area contributed by atoms with Crippen LogP contribution in [0, 0.1) is 29.1 Å². The largest absolute Gasteiger partial charge is 0.413 e. The molecule has 0 heterocycles. The molecule has 0 bridgehead atoms. The summed E-state index contributed by atoms with van der Waals surface area (Å²) in [5.74, 6) is 3.28. The summed E-state index contributed by atoms with van der Waals surface area (Å²) in [7, 11) is -3.90. The van der Waals surface area contributed by atoms with E-state index in [9.17, 15) is 4.79 Å². The van der Waals surface area contributed by atoms with Crippen LogP contribution in [0.5, 0.6) is 0 Å². The third kappa shape index (κ3) is 7.68. The van der Waals surface area contributed by atoms with Crippen molar-refractivity contribution in [1.29, 1.82) is 0 Å². The van der Waals surface area contributed by atoms with Crippen LogP contribution in [0.25, 0.3) is 0 Å². The van der Waals surface area contributed by atoms with E-state index in [1.54, 1.807) is 5.57 Å². The third-order valence-corrected chi connectivity index (χ3v) is 22.5. The molecular weight excluding hydrogens is 573 g/mol. The maximum Gasteiger partial charge on any atom is 0.192 e. The summed E-state index contributed by atoms with van der Waals surface area (Å²) in [4.78, 5) is 11.9. The molecular formula is C39H68O3Si2. The molecule has 0 N–H and O–H groups in total. The molecule has 0 aromatic rings. The van der Waals surface area contributed by atoms with Crippen molar-refractivity contribution >= 4 is 22.4 Å². The van der Waals surface area contributed by atoms with Gasteiger partial charge in [0, 0.05) is 19.3 Å². The van der Waals surface area contributed by atoms with Crippen molar-refractivity contribution in [2.45, 2.75) is 174 Å². The fourth-order valence-electron chi connectivity index (χ4n) is 8.76. The van der Waals surface area contributed by atoms with Gasteiger partial charge in [-0.3, -0.25) is 4.79 Å². The molecule has 0 aliphatic heterocycles. The fraction of sp³-hybridized carbons (Fsp3) is 0.821. The van der Waals surface area contributed by atoms with Crippen molar-refractivity contribution in [2.24, 2.45) is 29.1 Å². The molecule has 3 nitrogen and oxygen atoms in total. The van der Waals surface area contributed by atoms with Gasteiger partial charge >= 0.3 is 0 Å². The molecule has 0 saturated heterocycles. The van der Waals surface area contributed by atoms with E-state index >= 15 is 0 Å². The van der Waals surface area contributed by atoms with Crippen LogP contribution in [0.2, 0.25) is 36.3 Å². The third-order valence-electron chi connectivity index (χ3n) is 13.5. The van der Waals surface area contributed by atoms with Crippen molar-refractivity contribution in [1.82, 2.24) is 0 Å². The van der Waals surface area contributed by atoms with E-state index in [0.717, 1.165) is 38.0 Å². The lowest BCUT2D eigenvalue weighted by Gasteiger charge is -2.46. The number of fused-ring (bicyclic) bond motifs is 1. The molecule has 44 heavy (non-hydrogen) atoms. The first kappa shape index (κ1) is 36.1. The van der Waals surface area contributed by atoms with Gasteiger partial charge in [0.05, 0.1) is 12.2 Å². The Hall–Kier alpha value is -0.756. The molecule has 0 aromatic heterocycles. The number of hydrogen-bond donors (Lipinski definition) is 0. The maximum atomic E-state index is 11.9. The monoisotopic (exact) mass is 640 g/mol. The second-order valence-electron chi connectivity index (χ2n) is 18.7. The van der Waals surface area contributed by atoms with E-state index in [4.69, 9.17) is 8.85 Å². The molecule has 0 spiro atoms. The van der Waals surface area contributed by atoms with Gasteiger partial charge in [0.15, 0.2) is 16.6 Å². The molecule has 4 aliphatic carbocycles. The highest BCUT2D eigenvalue weighted by molar-refractivity contribution is 6.74. The Labute approximate surface area is 274 Å². The van der Waals surface area contributed by atoms with Crippen molar-refractivity contribution in [3.8, 4) is 0 Å². The SMILES string of the molecule is C=C1C(=CC=C2CCC[C@@]3(C)C2CC[C@@H]3[C@H](C)CC2CCC(=O)C2)C[C@@H](O[Si](C)(C)C(C)(C)C)C[C@@H]1O[Si](C)(C)C(C)(C)C. The summed E-state index contributed by atoms with van der Waals surface area (Å²) in [6.07, 6.45) is 17.6. The summed E-state index contributed by atoms with van der Waals surface area (Å²) in [5, 5.41) is 0.335. The molecule has 0 amide bonds. The number of Topliss-reactive ketones (excluding diaryl/α,β-unsaturated/α-hetero) is 1. The minimum atomic E-state index is -1.97. The molecule has 0 radical (unpaired) electrons. The van der Waals surface area contributed by atoms with Gasteiger partial charge < -0.3 is 8.85 Å². The summed E-state index contributed by atoms with van der Waals surface area (Å²) in [6.45, 7) is 33.3. The van der Waals surface area contributed by atoms with Crippen molar-refractivity contribution in [3.63, 3.8) is 0 Å². The van der Waals surface area contributed by atoms with Gasteiger partial charge in [0.2, 0.25) is 0 Å². The van der Waals surface area contributed by atoms with Crippen molar-refractivity contribution < 1.29 is 13.6 Å². The summed E-state index contributed by atoms with van der Waals surface area (Å²) in [5.41, 5.74) is 4.58. The Morgan fingerprint density at radius 2 is 1.57 bits per heavy atom. The van der Waals surface area contributed by atoms with Gasteiger partial charge in [-0.2, -0.15) is 0 Å². The van der Waals surface area contributed by atoms with Crippen LogP contribution < -0.4 is 0 Å². The first-order valence-corrected chi connectivity index (χ1v) is 23.9. The smallest absolute Gasteiger partial charge is 0.192 e. The lowest BCUT2D eigenvalue weighted by molar-refractivity contribution is -0.117. The Morgan fingerprint density at radius 1 is 0.932 bits per heavy atom. The predicted molar refractivity (Wildman–Crippen MR) is 193 cm³/mol. The van der Waals surface area contributed by atoms with Gasteiger partial charge in [0.1, 0.15) is 5.78 Å². The zero-order valence-electron chi connectivity index (χ0n) is 30.8. The lowest BCUT2D eigenvalue weighted by atomic mass is 9.60. The van der Waals surface area contributed by atoms with Gasteiger partial charge in [-0.15, -0.1) is 0 Å². The van der Waals surface area contributed by atoms with E-state index in [1.165, 1.54) is 49.7 Å². The van der Waals surface area contributed by atoms with Gasteiger partial charge in [-0.05, 0) is 128 Å². The van der Waals surface area contributed by atoms with E-state index in [-0.39, 0.29) is 22.3 Å². The summed E-state index contributed by atoms with van der Waals surface area (Å²) in [6, 6.07) is 0. The number of rotatable bonds is 8. The Morgan fingerprint density at radius 3 is 2.16 bits per heavy atom. The fourth-order valence-corrected chi connectivity index (χ4v) is 11.4. The van der Waals surface area contributed by atoms with Crippen LogP contribution in [0.4, 0.5) is 0 Å². The minimum absolute atomic E-state index is 0.0276. The van der Waals surface area contributed by atoms with Gasteiger partial charge in [0.25, 0.3) is 0 Å². The van der Waals surface area contributed by atoms with Crippen LogP contribution >= 0.6 is 0 Å². The number of carbonyl (C=O) groups is 1. The van der Waals surface area contributed by atoms with Crippen LogP contribution in [-0.4, -0.2) is 34.6 Å². The Kier molecular flexibility index (Phi) is 10.7. The molecule has 0 aromatic carbocycles. The normalized spacial score (nSPS) is 35.0. The molecule has 4 rings (SSSR count). The van der Waals surface area contributed by atoms with E-state index < -0.39 is 16.6 Å². The second-order valence-corrected chi connectivity index (χ2v) is 28.2. The minimum Gasteiger partial charge on any atom is -0.413 e. The molecule has 4 fully saturated rings. The van der Waals surface area contributed by atoms with E-state index in [2.05, 4.69) is 100 Å². The number of carbonyl (C=O) groups excluding carboxylic acids is 1. The van der Waals surface area contributed by atoms with Crippen molar-refractivity contribution in [3.05, 3.63) is 35.5 Å². The number of allylic oxidation sites excluding steroid dienone is 3. The maximum absolute atomic E-state index is 11.9. The summed E-state index contributed by atoms with van der Waals surface area (Å²) >= 11 is 0. The van der Waals surface area contributed by atoms with Crippen molar-refractivity contribution in [2.75, 3.05) is 0 Å². The topological polar surface area (TPSA) is 35.5 Å². The summed E-state index contributed by atoms with van der Waals surface area (Å²) < 4.78 is 14.2.